The summed E-state index contributed by atoms with van der Waals surface area (Å²) >= 11 is 0. The third kappa shape index (κ3) is 3.90. The summed E-state index contributed by atoms with van der Waals surface area (Å²) < 4.78 is 0. The predicted octanol–water partition coefficient (Wildman–Crippen LogP) is -1.73. The van der Waals surface area contributed by atoms with Crippen molar-refractivity contribution in [3.05, 3.63) is 0 Å². The minimum atomic E-state index is -0.860. The molecular weight excluding hydrogens is 148 g/mol. The van der Waals surface area contributed by atoms with Crippen LogP contribution >= 0.6 is 0 Å². The molecule has 6 nitrogen and oxygen atoms in total. The fraction of sp³-hybridized carbons (Fsp3) is 0.400. The minimum absolute atomic E-state index is 0.273. The first-order valence-corrected chi connectivity index (χ1v) is 2.99. The SMILES string of the molecule is CCC(=O)NN=C(N)C(N)=O. The molecule has 11 heavy (non-hydrogen) atoms. The van der Waals surface area contributed by atoms with Crippen molar-refractivity contribution >= 4 is 17.6 Å². The quantitative estimate of drug-likeness (QED) is 0.252. The van der Waals surface area contributed by atoms with Crippen LogP contribution in [0.1, 0.15) is 13.3 Å². The zero-order valence-electron chi connectivity index (χ0n) is 6.13. The lowest BCUT2D eigenvalue weighted by Gasteiger charge is -1.95. The summed E-state index contributed by atoms with van der Waals surface area (Å²) in [4.78, 5) is 20.7. The molecule has 0 aliphatic heterocycles. The molecule has 0 aromatic heterocycles. The van der Waals surface area contributed by atoms with E-state index in [-0.39, 0.29) is 12.3 Å². The Morgan fingerprint density at radius 3 is 2.36 bits per heavy atom. The number of carbonyl (C=O) groups is 2. The van der Waals surface area contributed by atoms with Gasteiger partial charge in [0.1, 0.15) is 0 Å². The lowest BCUT2D eigenvalue weighted by atomic mass is 10.5. The molecule has 0 aliphatic carbocycles. The topological polar surface area (TPSA) is 111 Å². The highest BCUT2D eigenvalue weighted by Gasteiger charge is 2.00. The molecule has 2 amide bonds. The van der Waals surface area contributed by atoms with E-state index in [2.05, 4.69) is 5.10 Å². The lowest BCUT2D eigenvalue weighted by molar-refractivity contribution is -0.120. The number of primary amides is 1. The Balaban J connectivity index is 3.92. The first-order chi connectivity index (χ1) is 5.07. The summed E-state index contributed by atoms with van der Waals surface area (Å²) in [6.07, 6.45) is 0.273. The van der Waals surface area contributed by atoms with Gasteiger partial charge in [-0.3, -0.25) is 9.59 Å². The third-order valence-electron chi connectivity index (χ3n) is 0.875. The van der Waals surface area contributed by atoms with Crippen molar-refractivity contribution in [1.29, 1.82) is 0 Å². The Bertz CT molecular complexity index is 199. The molecule has 0 rings (SSSR count). The molecule has 0 saturated carbocycles. The van der Waals surface area contributed by atoms with Crippen molar-refractivity contribution in [1.82, 2.24) is 5.43 Å². The first kappa shape index (κ1) is 9.41. The molecule has 0 fully saturated rings. The summed E-state index contributed by atoms with van der Waals surface area (Å²) in [6.45, 7) is 1.64. The van der Waals surface area contributed by atoms with Crippen LogP contribution in [0.15, 0.2) is 5.10 Å². The van der Waals surface area contributed by atoms with Crippen molar-refractivity contribution in [3.8, 4) is 0 Å². The first-order valence-electron chi connectivity index (χ1n) is 2.99. The van der Waals surface area contributed by atoms with E-state index in [9.17, 15) is 9.59 Å². The van der Waals surface area contributed by atoms with Gasteiger partial charge in [0.25, 0.3) is 5.91 Å². The van der Waals surface area contributed by atoms with Gasteiger partial charge in [-0.1, -0.05) is 6.92 Å². The van der Waals surface area contributed by atoms with Crippen molar-refractivity contribution in [2.75, 3.05) is 0 Å². The second kappa shape index (κ2) is 4.26. The molecule has 0 radical (unpaired) electrons. The van der Waals surface area contributed by atoms with E-state index in [4.69, 9.17) is 11.5 Å². The van der Waals surface area contributed by atoms with Crippen LogP contribution in [0.5, 0.6) is 0 Å². The number of hydrogen-bond donors (Lipinski definition) is 3. The number of carbonyl (C=O) groups excluding carboxylic acids is 2. The molecule has 0 aliphatic rings. The summed E-state index contributed by atoms with van der Waals surface area (Å²) in [6, 6.07) is 0. The number of nitrogens with one attached hydrogen (secondary N) is 1. The van der Waals surface area contributed by atoms with Crippen molar-refractivity contribution < 1.29 is 9.59 Å². The molecular formula is C5H10N4O2. The molecule has 0 heterocycles. The van der Waals surface area contributed by atoms with Crippen LogP contribution in [0.3, 0.4) is 0 Å². The molecule has 0 atom stereocenters. The zero-order valence-corrected chi connectivity index (χ0v) is 6.13. The number of hydrazone groups is 1. The van der Waals surface area contributed by atoms with E-state index < -0.39 is 11.7 Å². The number of amides is 2. The number of rotatable bonds is 2. The Morgan fingerprint density at radius 1 is 1.45 bits per heavy atom. The lowest BCUT2D eigenvalue weighted by Crippen LogP contribution is -2.33. The van der Waals surface area contributed by atoms with E-state index in [0.29, 0.717) is 0 Å². The van der Waals surface area contributed by atoms with Gasteiger partial charge in [-0.2, -0.15) is 0 Å². The molecule has 0 aromatic carbocycles. The number of amidine groups is 1. The normalized spacial score (nSPS) is 10.8. The van der Waals surface area contributed by atoms with Gasteiger partial charge in [0, 0.05) is 6.42 Å². The van der Waals surface area contributed by atoms with Gasteiger partial charge in [-0.15, -0.1) is 5.10 Å². The Morgan fingerprint density at radius 2 is 2.00 bits per heavy atom. The van der Waals surface area contributed by atoms with E-state index in [1.165, 1.54) is 0 Å². The summed E-state index contributed by atoms with van der Waals surface area (Å²) in [7, 11) is 0. The van der Waals surface area contributed by atoms with Crippen LogP contribution in [0.2, 0.25) is 0 Å². The van der Waals surface area contributed by atoms with E-state index in [1.807, 2.05) is 5.43 Å². The maximum atomic E-state index is 10.5. The van der Waals surface area contributed by atoms with Crippen molar-refractivity contribution in [2.45, 2.75) is 13.3 Å². The zero-order chi connectivity index (χ0) is 8.85. The van der Waals surface area contributed by atoms with Crippen LogP contribution in [-0.4, -0.2) is 17.6 Å². The highest BCUT2D eigenvalue weighted by Crippen LogP contribution is 1.73. The maximum absolute atomic E-state index is 10.5. The summed E-state index contributed by atoms with van der Waals surface area (Å²) in [5, 5.41) is 3.21. The van der Waals surface area contributed by atoms with E-state index in [0.717, 1.165) is 0 Å². The monoisotopic (exact) mass is 158 g/mol. The smallest absolute Gasteiger partial charge is 0.285 e. The summed E-state index contributed by atoms with van der Waals surface area (Å²) in [5.41, 5.74) is 11.7. The van der Waals surface area contributed by atoms with Crippen LogP contribution in [0.25, 0.3) is 0 Å². The average Bonchev–Trinajstić information content (AvgIpc) is 1.99. The van der Waals surface area contributed by atoms with Crippen LogP contribution in [0.4, 0.5) is 0 Å². The second-order valence-corrected chi connectivity index (χ2v) is 1.75. The number of nitrogens with zero attached hydrogens (tertiary/aromatic N) is 1. The minimum Gasteiger partial charge on any atom is -0.378 e. The number of hydrogen-bond acceptors (Lipinski definition) is 3. The highest BCUT2D eigenvalue weighted by molar-refractivity contribution is 6.36. The van der Waals surface area contributed by atoms with Gasteiger partial charge < -0.3 is 11.5 Å². The number of nitrogens with two attached hydrogens (primary N) is 2. The van der Waals surface area contributed by atoms with Crippen LogP contribution < -0.4 is 16.9 Å². The van der Waals surface area contributed by atoms with Gasteiger partial charge in [-0.25, -0.2) is 5.43 Å². The Kier molecular flexibility index (Phi) is 3.65. The average molecular weight is 158 g/mol. The van der Waals surface area contributed by atoms with Crippen molar-refractivity contribution in [3.63, 3.8) is 0 Å². The second-order valence-electron chi connectivity index (χ2n) is 1.75. The van der Waals surface area contributed by atoms with Crippen molar-refractivity contribution in [2.24, 2.45) is 16.6 Å². The van der Waals surface area contributed by atoms with Gasteiger partial charge in [-0.05, 0) is 0 Å². The fourth-order valence-electron chi connectivity index (χ4n) is 0.257. The molecule has 62 valence electrons. The molecule has 5 N–H and O–H groups in total. The van der Waals surface area contributed by atoms with E-state index in [1.54, 1.807) is 6.92 Å². The standard InChI is InChI=1S/C5H10N4O2/c1-2-3(10)8-9-4(6)5(7)11/h2H2,1H3,(H2,6,9)(H2,7,11)(H,8,10). The molecule has 0 bridgehead atoms. The van der Waals surface area contributed by atoms with Crippen LogP contribution in [0, 0.1) is 0 Å². The van der Waals surface area contributed by atoms with Gasteiger partial charge >= 0.3 is 0 Å². The Hall–Kier alpha value is -1.59. The Labute approximate surface area is 63.6 Å². The fourth-order valence-corrected chi connectivity index (χ4v) is 0.257. The maximum Gasteiger partial charge on any atom is 0.285 e. The molecule has 0 unspecified atom stereocenters. The third-order valence-corrected chi connectivity index (χ3v) is 0.875. The molecule has 6 heteroatoms. The summed E-state index contributed by atoms with van der Waals surface area (Å²) in [5.74, 6) is -1.59. The molecule has 0 spiro atoms. The molecule has 0 saturated heterocycles. The largest absolute Gasteiger partial charge is 0.378 e. The van der Waals surface area contributed by atoms with Gasteiger partial charge in [0.05, 0.1) is 0 Å². The predicted molar refractivity (Wildman–Crippen MR) is 39.3 cm³/mol. The highest BCUT2D eigenvalue weighted by atomic mass is 16.2. The van der Waals surface area contributed by atoms with Gasteiger partial charge in [0.15, 0.2) is 0 Å². The van der Waals surface area contributed by atoms with Gasteiger partial charge in [0.2, 0.25) is 11.7 Å². The van der Waals surface area contributed by atoms with E-state index >= 15 is 0 Å². The van der Waals surface area contributed by atoms with Crippen LogP contribution in [-0.2, 0) is 9.59 Å². The molecule has 0 aromatic rings.